The summed E-state index contributed by atoms with van der Waals surface area (Å²) in [5, 5.41) is 4.81. The predicted octanol–water partition coefficient (Wildman–Crippen LogP) is 2.63. The number of thiophene rings is 1. The van der Waals surface area contributed by atoms with Crippen molar-refractivity contribution in [2.75, 3.05) is 5.75 Å². The quantitative estimate of drug-likeness (QED) is 0.923. The third kappa shape index (κ3) is 3.54. The fourth-order valence-electron chi connectivity index (χ4n) is 1.70. The van der Waals surface area contributed by atoms with Gasteiger partial charge in [-0.05, 0) is 31.4 Å². The molecule has 2 rings (SSSR count). The smallest absolute Gasteiger partial charge is 0.233 e. The fraction of sp³-hybridized carbons (Fsp3) is 0.308. The van der Waals surface area contributed by atoms with E-state index in [1.54, 1.807) is 24.3 Å². The van der Waals surface area contributed by atoms with Gasteiger partial charge in [0.1, 0.15) is 11.5 Å². The first-order valence-electron chi connectivity index (χ1n) is 5.83. The molecule has 102 valence electrons. The van der Waals surface area contributed by atoms with Crippen molar-refractivity contribution in [2.24, 2.45) is 0 Å². The van der Waals surface area contributed by atoms with Crippen molar-refractivity contribution in [3.05, 3.63) is 40.5 Å². The minimum atomic E-state index is -1.36. The summed E-state index contributed by atoms with van der Waals surface area (Å²) in [7, 11) is -1.36. The summed E-state index contributed by atoms with van der Waals surface area (Å²) in [4.78, 5) is 13.5. The molecular formula is C13H15NO3S2. The molecule has 0 saturated carbocycles. The molecule has 0 aliphatic rings. The first-order valence-corrected chi connectivity index (χ1v) is 8.03. The maximum absolute atomic E-state index is 12.0. The van der Waals surface area contributed by atoms with Crippen molar-refractivity contribution in [3.63, 3.8) is 0 Å². The minimum Gasteiger partial charge on any atom is -0.468 e. The van der Waals surface area contributed by atoms with Crippen molar-refractivity contribution in [1.82, 2.24) is 5.32 Å². The first-order chi connectivity index (χ1) is 9.08. The second-order valence-corrected chi connectivity index (χ2v) is 6.53. The van der Waals surface area contributed by atoms with Crippen LogP contribution in [0.25, 0.3) is 0 Å². The van der Waals surface area contributed by atoms with Gasteiger partial charge >= 0.3 is 0 Å². The van der Waals surface area contributed by atoms with Crippen molar-refractivity contribution in [3.8, 4) is 0 Å². The lowest BCUT2D eigenvalue weighted by atomic mass is 10.3. The van der Waals surface area contributed by atoms with E-state index >= 15 is 0 Å². The maximum atomic E-state index is 12.0. The predicted molar refractivity (Wildman–Crippen MR) is 75.6 cm³/mol. The molecule has 1 N–H and O–H groups in total. The molecule has 4 nitrogen and oxygen atoms in total. The van der Waals surface area contributed by atoms with Gasteiger partial charge in [0.2, 0.25) is 5.91 Å². The SMILES string of the molecule is Cc1occc1[S@](=O)CC(=O)N[C@@H](C)c1cccs1. The van der Waals surface area contributed by atoms with Gasteiger partial charge in [0, 0.05) is 4.88 Å². The van der Waals surface area contributed by atoms with Gasteiger partial charge in [0.25, 0.3) is 0 Å². The first kappa shape index (κ1) is 14.0. The number of hydrogen-bond donors (Lipinski definition) is 1. The van der Waals surface area contributed by atoms with E-state index in [0.29, 0.717) is 10.7 Å². The molecule has 0 saturated heterocycles. The Morgan fingerprint density at radius 3 is 2.89 bits per heavy atom. The zero-order valence-corrected chi connectivity index (χ0v) is 12.3. The summed E-state index contributed by atoms with van der Waals surface area (Å²) >= 11 is 1.59. The Morgan fingerprint density at radius 1 is 1.53 bits per heavy atom. The second kappa shape index (κ2) is 6.16. The van der Waals surface area contributed by atoms with Crippen LogP contribution in [0.4, 0.5) is 0 Å². The molecule has 0 fully saturated rings. The molecule has 2 aromatic rings. The van der Waals surface area contributed by atoms with E-state index < -0.39 is 10.8 Å². The third-order valence-corrected chi connectivity index (χ3v) is 5.16. The van der Waals surface area contributed by atoms with Gasteiger partial charge in [0.05, 0.1) is 28.0 Å². The zero-order valence-electron chi connectivity index (χ0n) is 10.7. The van der Waals surface area contributed by atoms with Gasteiger partial charge in [0.15, 0.2) is 0 Å². The second-order valence-electron chi connectivity index (χ2n) is 4.14. The maximum Gasteiger partial charge on any atom is 0.233 e. The number of amides is 1. The molecule has 2 heterocycles. The molecule has 0 bridgehead atoms. The number of carbonyl (C=O) groups is 1. The van der Waals surface area contributed by atoms with Crippen molar-refractivity contribution in [1.29, 1.82) is 0 Å². The number of carbonyl (C=O) groups excluding carboxylic acids is 1. The van der Waals surface area contributed by atoms with Crippen LogP contribution < -0.4 is 5.32 Å². The Morgan fingerprint density at radius 2 is 2.32 bits per heavy atom. The molecule has 0 aliphatic carbocycles. The Balaban J connectivity index is 1.91. The van der Waals surface area contributed by atoms with Gasteiger partial charge in [-0.1, -0.05) is 6.07 Å². The van der Waals surface area contributed by atoms with Gasteiger partial charge in [-0.15, -0.1) is 11.3 Å². The van der Waals surface area contributed by atoms with E-state index in [4.69, 9.17) is 4.42 Å². The van der Waals surface area contributed by atoms with E-state index in [1.165, 1.54) is 6.26 Å². The standard InChI is InChI=1S/C13H15NO3S2/c1-9(11-4-3-7-18-11)14-13(15)8-19(16)12-5-6-17-10(12)2/h3-7,9H,8H2,1-2H3,(H,14,15)/t9-,19+/m0/s1. The van der Waals surface area contributed by atoms with Gasteiger partial charge in [-0.3, -0.25) is 9.00 Å². The summed E-state index contributed by atoms with van der Waals surface area (Å²) in [5.74, 6) is 0.327. The Kier molecular flexibility index (Phi) is 4.55. The fourth-order valence-corrected chi connectivity index (χ4v) is 3.49. The lowest BCUT2D eigenvalue weighted by Gasteiger charge is -2.11. The topological polar surface area (TPSA) is 59.3 Å². The van der Waals surface area contributed by atoms with Crippen LogP contribution >= 0.6 is 11.3 Å². The van der Waals surface area contributed by atoms with Crippen molar-refractivity contribution in [2.45, 2.75) is 24.8 Å². The number of hydrogen-bond acceptors (Lipinski definition) is 4. The Bertz CT molecular complexity index is 574. The number of furan rings is 1. The van der Waals surface area contributed by atoms with Crippen LogP contribution in [0.15, 0.2) is 39.2 Å². The van der Waals surface area contributed by atoms with Gasteiger partial charge in [-0.25, -0.2) is 0 Å². The summed E-state index contributed by atoms with van der Waals surface area (Å²) in [6.07, 6.45) is 1.48. The highest BCUT2D eigenvalue weighted by molar-refractivity contribution is 7.85. The van der Waals surface area contributed by atoms with Gasteiger partial charge < -0.3 is 9.73 Å². The molecule has 1 amide bonds. The number of rotatable bonds is 5. The molecule has 2 atom stereocenters. The molecule has 0 aliphatic heterocycles. The summed E-state index contributed by atoms with van der Waals surface area (Å²) in [5.41, 5.74) is 0. The van der Waals surface area contributed by atoms with Crippen LogP contribution in [0.1, 0.15) is 23.6 Å². The van der Waals surface area contributed by atoms with Crippen LogP contribution in [0.5, 0.6) is 0 Å². The Labute approximate surface area is 118 Å². The highest BCUT2D eigenvalue weighted by Gasteiger charge is 2.16. The summed E-state index contributed by atoms with van der Waals surface area (Å²) in [6, 6.07) is 5.49. The van der Waals surface area contributed by atoms with Crippen LogP contribution in [0, 0.1) is 6.92 Å². The van der Waals surface area contributed by atoms with Crippen molar-refractivity contribution >= 4 is 28.0 Å². The molecule has 6 heteroatoms. The zero-order chi connectivity index (χ0) is 13.8. The van der Waals surface area contributed by atoms with E-state index in [9.17, 15) is 9.00 Å². The monoisotopic (exact) mass is 297 g/mol. The highest BCUT2D eigenvalue weighted by atomic mass is 32.2. The molecule has 2 aromatic heterocycles. The lowest BCUT2D eigenvalue weighted by Crippen LogP contribution is -2.30. The largest absolute Gasteiger partial charge is 0.468 e. The minimum absolute atomic E-state index is 0.0455. The lowest BCUT2D eigenvalue weighted by molar-refractivity contribution is -0.119. The van der Waals surface area contributed by atoms with E-state index in [2.05, 4.69) is 5.32 Å². The Hall–Kier alpha value is -1.40. The number of aryl methyl sites for hydroxylation is 1. The normalized spacial score (nSPS) is 14.0. The van der Waals surface area contributed by atoms with E-state index in [0.717, 1.165) is 4.88 Å². The summed E-state index contributed by atoms with van der Waals surface area (Å²) in [6.45, 7) is 3.65. The molecule has 0 aromatic carbocycles. The molecule has 19 heavy (non-hydrogen) atoms. The van der Waals surface area contributed by atoms with Crippen LogP contribution in [-0.4, -0.2) is 15.9 Å². The van der Waals surface area contributed by atoms with Crippen molar-refractivity contribution < 1.29 is 13.4 Å². The average molecular weight is 297 g/mol. The highest BCUT2D eigenvalue weighted by Crippen LogP contribution is 2.18. The average Bonchev–Trinajstić information content (AvgIpc) is 2.98. The van der Waals surface area contributed by atoms with Crippen LogP contribution in [0.3, 0.4) is 0 Å². The van der Waals surface area contributed by atoms with E-state index in [1.807, 2.05) is 24.4 Å². The molecule has 0 spiro atoms. The molecule has 0 radical (unpaired) electrons. The van der Waals surface area contributed by atoms with E-state index in [-0.39, 0.29) is 17.7 Å². The molecular weight excluding hydrogens is 282 g/mol. The molecule has 0 unspecified atom stereocenters. The number of nitrogens with one attached hydrogen (secondary N) is 1. The third-order valence-electron chi connectivity index (χ3n) is 2.67. The van der Waals surface area contributed by atoms with Crippen LogP contribution in [0.2, 0.25) is 0 Å². The summed E-state index contributed by atoms with van der Waals surface area (Å²) < 4.78 is 17.1. The van der Waals surface area contributed by atoms with Crippen LogP contribution in [-0.2, 0) is 15.6 Å². The van der Waals surface area contributed by atoms with Gasteiger partial charge in [-0.2, -0.15) is 0 Å².